The molecule has 0 aliphatic carbocycles. The SMILES string of the molecule is O=C(NCc1ccc(OC(F)F)cc1)C1CNCCN1S(=O)(=O)c1ccc(C(F)(F)F)cc1. The topological polar surface area (TPSA) is 87.7 Å². The minimum absolute atomic E-state index is 0.00153. The maximum absolute atomic E-state index is 13.0. The lowest BCUT2D eigenvalue weighted by molar-refractivity contribution is -0.137. The number of carbonyl (C=O) groups excluding carboxylic acids is 1. The van der Waals surface area contributed by atoms with E-state index in [0.29, 0.717) is 17.7 Å². The summed E-state index contributed by atoms with van der Waals surface area (Å²) < 4.78 is 94.0. The molecule has 0 radical (unpaired) electrons. The predicted octanol–water partition coefficient (Wildman–Crippen LogP) is 2.59. The summed E-state index contributed by atoms with van der Waals surface area (Å²) in [7, 11) is -4.24. The Morgan fingerprint density at radius 3 is 2.33 bits per heavy atom. The fourth-order valence-corrected chi connectivity index (χ4v) is 4.83. The minimum atomic E-state index is -4.61. The van der Waals surface area contributed by atoms with Gasteiger partial charge in [-0.25, -0.2) is 8.42 Å². The number of amides is 1. The monoisotopic (exact) mass is 493 g/mol. The zero-order valence-corrected chi connectivity index (χ0v) is 17.8. The van der Waals surface area contributed by atoms with Crippen LogP contribution in [-0.2, 0) is 27.5 Å². The van der Waals surface area contributed by atoms with Crippen LogP contribution in [0.3, 0.4) is 0 Å². The Hall–Kier alpha value is -2.77. The van der Waals surface area contributed by atoms with Crippen molar-refractivity contribution in [3.05, 3.63) is 59.7 Å². The van der Waals surface area contributed by atoms with Crippen molar-refractivity contribution in [2.24, 2.45) is 0 Å². The number of benzene rings is 2. The molecule has 1 saturated heterocycles. The van der Waals surface area contributed by atoms with E-state index in [1.807, 2.05) is 0 Å². The standard InChI is InChI=1S/C20H20F5N3O4S/c21-19(22)32-15-5-1-13(2-6-15)11-27-18(29)17-12-26-9-10-28(17)33(30,31)16-7-3-14(4-8-16)20(23,24)25/h1-8,17,19,26H,9-12H2,(H,27,29). The van der Waals surface area contributed by atoms with Gasteiger partial charge in [-0.1, -0.05) is 12.1 Å². The predicted molar refractivity (Wildman–Crippen MR) is 107 cm³/mol. The summed E-state index contributed by atoms with van der Waals surface area (Å²) in [5.74, 6) is -0.670. The van der Waals surface area contributed by atoms with Gasteiger partial charge in [0.1, 0.15) is 11.8 Å². The van der Waals surface area contributed by atoms with E-state index in [9.17, 15) is 35.2 Å². The van der Waals surface area contributed by atoms with E-state index in [1.165, 1.54) is 24.3 Å². The maximum Gasteiger partial charge on any atom is 0.416 e. The van der Waals surface area contributed by atoms with Gasteiger partial charge in [-0.2, -0.15) is 26.3 Å². The molecular weight excluding hydrogens is 473 g/mol. The lowest BCUT2D eigenvalue weighted by atomic mass is 10.2. The molecule has 1 amide bonds. The van der Waals surface area contributed by atoms with E-state index in [0.717, 1.165) is 16.4 Å². The number of halogens is 5. The van der Waals surface area contributed by atoms with Crippen molar-refractivity contribution < 1.29 is 39.9 Å². The van der Waals surface area contributed by atoms with Gasteiger partial charge in [-0.05, 0) is 42.0 Å². The number of ether oxygens (including phenoxy) is 1. The number of hydrogen-bond donors (Lipinski definition) is 2. The second-order valence-electron chi connectivity index (χ2n) is 7.10. The molecule has 7 nitrogen and oxygen atoms in total. The molecule has 1 fully saturated rings. The first-order chi connectivity index (χ1) is 15.5. The molecule has 0 spiro atoms. The van der Waals surface area contributed by atoms with Gasteiger partial charge in [-0.3, -0.25) is 4.79 Å². The smallest absolute Gasteiger partial charge is 0.416 e. The van der Waals surface area contributed by atoms with Crippen LogP contribution in [0.5, 0.6) is 5.75 Å². The third-order valence-electron chi connectivity index (χ3n) is 4.90. The number of sulfonamides is 1. The van der Waals surface area contributed by atoms with Crippen LogP contribution in [0.2, 0.25) is 0 Å². The van der Waals surface area contributed by atoms with Crippen LogP contribution < -0.4 is 15.4 Å². The highest BCUT2D eigenvalue weighted by molar-refractivity contribution is 7.89. The minimum Gasteiger partial charge on any atom is -0.435 e. The number of nitrogens with zero attached hydrogens (tertiary/aromatic N) is 1. The number of rotatable bonds is 7. The van der Waals surface area contributed by atoms with Crippen molar-refractivity contribution in [1.82, 2.24) is 14.9 Å². The number of nitrogens with one attached hydrogen (secondary N) is 2. The Labute approximate surface area is 186 Å². The first-order valence-electron chi connectivity index (χ1n) is 9.70. The summed E-state index contributed by atoms with van der Waals surface area (Å²) in [4.78, 5) is 12.4. The Bertz CT molecular complexity index is 1060. The molecule has 1 heterocycles. The van der Waals surface area contributed by atoms with Gasteiger partial charge in [0.05, 0.1) is 10.5 Å². The molecule has 2 N–H and O–H groups in total. The van der Waals surface area contributed by atoms with E-state index in [-0.39, 0.29) is 36.8 Å². The Morgan fingerprint density at radius 2 is 1.76 bits per heavy atom. The summed E-state index contributed by atoms with van der Waals surface area (Å²) in [6.45, 7) is -2.76. The van der Waals surface area contributed by atoms with E-state index < -0.39 is 40.3 Å². The Kier molecular flexibility index (Phi) is 7.55. The molecule has 0 saturated carbocycles. The van der Waals surface area contributed by atoms with Crippen LogP contribution in [0.15, 0.2) is 53.4 Å². The Morgan fingerprint density at radius 1 is 1.12 bits per heavy atom. The van der Waals surface area contributed by atoms with Crippen molar-refractivity contribution in [2.75, 3.05) is 19.6 Å². The van der Waals surface area contributed by atoms with Crippen LogP contribution in [0, 0.1) is 0 Å². The summed E-state index contributed by atoms with van der Waals surface area (Å²) in [6, 6.07) is 7.47. The normalized spacial score (nSPS) is 17.7. The number of alkyl halides is 5. The zero-order chi connectivity index (χ0) is 24.2. The van der Waals surface area contributed by atoms with Crippen LogP contribution in [0.4, 0.5) is 22.0 Å². The fourth-order valence-electron chi connectivity index (χ4n) is 3.24. The third kappa shape index (κ3) is 6.18. The summed E-state index contributed by atoms with van der Waals surface area (Å²) in [5.41, 5.74) is -0.424. The molecule has 33 heavy (non-hydrogen) atoms. The van der Waals surface area contributed by atoms with E-state index >= 15 is 0 Å². The van der Waals surface area contributed by atoms with Gasteiger partial charge in [0.2, 0.25) is 15.9 Å². The van der Waals surface area contributed by atoms with Gasteiger partial charge in [0.15, 0.2) is 0 Å². The average molecular weight is 493 g/mol. The molecule has 2 aromatic carbocycles. The van der Waals surface area contributed by atoms with Crippen molar-refractivity contribution in [3.8, 4) is 5.75 Å². The van der Waals surface area contributed by atoms with E-state index in [2.05, 4.69) is 15.4 Å². The molecule has 1 aliphatic heterocycles. The number of hydrogen-bond acceptors (Lipinski definition) is 5. The van der Waals surface area contributed by atoms with Crippen LogP contribution in [0.25, 0.3) is 0 Å². The molecule has 180 valence electrons. The third-order valence-corrected chi connectivity index (χ3v) is 6.82. The lowest BCUT2D eigenvalue weighted by Crippen LogP contribution is -2.59. The molecule has 1 atom stereocenters. The van der Waals surface area contributed by atoms with Gasteiger partial charge in [0.25, 0.3) is 0 Å². The molecule has 3 rings (SSSR count). The molecule has 1 unspecified atom stereocenters. The Balaban J connectivity index is 1.70. The van der Waals surface area contributed by atoms with Crippen LogP contribution in [-0.4, -0.2) is 50.9 Å². The van der Waals surface area contributed by atoms with Gasteiger partial charge in [0, 0.05) is 26.2 Å². The molecule has 13 heteroatoms. The molecule has 1 aliphatic rings. The van der Waals surface area contributed by atoms with Crippen LogP contribution in [0.1, 0.15) is 11.1 Å². The van der Waals surface area contributed by atoms with E-state index in [4.69, 9.17) is 0 Å². The molecule has 0 aromatic heterocycles. The lowest BCUT2D eigenvalue weighted by Gasteiger charge is -2.34. The fraction of sp³-hybridized carbons (Fsp3) is 0.350. The van der Waals surface area contributed by atoms with Gasteiger partial charge < -0.3 is 15.4 Å². The van der Waals surface area contributed by atoms with Crippen molar-refractivity contribution in [2.45, 2.75) is 30.3 Å². The summed E-state index contributed by atoms with van der Waals surface area (Å²) in [6.07, 6.45) is -4.61. The molecular formula is C20H20F5N3O4S. The van der Waals surface area contributed by atoms with Crippen LogP contribution >= 0.6 is 0 Å². The quantitative estimate of drug-likeness (QED) is 0.579. The van der Waals surface area contributed by atoms with Crippen molar-refractivity contribution in [1.29, 1.82) is 0 Å². The maximum atomic E-state index is 13.0. The first kappa shape index (κ1) is 24.9. The van der Waals surface area contributed by atoms with E-state index in [1.54, 1.807) is 0 Å². The largest absolute Gasteiger partial charge is 0.435 e. The molecule has 0 bridgehead atoms. The van der Waals surface area contributed by atoms with Crippen molar-refractivity contribution in [3.63, 3.8) is 0 Å². The summed E-state index contributed by atoms with van der Waals surface area (Å²) >= 11 is 0. The highest BCUT2D eigenvalue weighted by Gasteiger charge is 2.38. The highest BCUT2D eigenvalue weighted by atomic mass is 32.2. The van der Waals surface area contributed by atoms with Crippen molar-refractivity contribution >= 4 is 15.9 Å². The second-order valence-corrected chi connectivity index (χ2v) is 8.99. The number of carbonyl (C=O) groups is 1. The highest BCUT2D eigenvalue weighted by Crippen LogP contribution is 2.30. The molecule has 2 aromatic rings. The summed E-state index contributed by atoms with van der Waals surface area (Å²) in [5, 5.41) is 5.51. The van der Waals surface area contributed by atoms with Gasteiger partial charge in [-0.15, -0.1) is 0 Å². The number of piperazine rings is 1. The average Bonchev–Trinajstić information content (AvgIpc) is 2.77. The zero-order valence-electron chi connectivity index (χ0n) is 17.0. The first-order valence-corrected chi connectivity index (χ1v) is 11.1. The second kappa shape index (κ2) is 10.0. The van der Waals surface area contributed by atoms with Gasteiger partial charge >= 0.3 is 12.8 Å².